The maximum Gasteiger partial charge on any atom is 0.407 e. The second kappa shape index (κ2) is 19.3. The summed E-state index contributed by atoms with van der Waals surface area (Å²) in [5.74, 6) is -0.605. The first kappa shape index (κ1) is 30.0. The number of rotatable bonds is 18. The number of nitrogens with one attached hydrogen (secondary N) is 2. The molecule has 11 heteroatoms. The van der Waals surface area contributed by atoms with Crippen molar-refractivity contribution in [3.63, 3.8) is 0 Å². The molecule has 36 heavy (non-hydrogen) atoms. The van der Waals surface area contributed by atoms with Crippen LogP contribution in [-0.2, 0) is 28.5 Å². The largest absolute Gasteiger partial charge is 0.490 e. The molecule has 0 bridgehead atoms. The third-order valence-corrected chi connectivity index (χ3v) is 4.40. The van der Waals surface area contributed by atoms with E-state index in [-0.39, 0.29) is 26.4 Å². The zero-order chi connectivity index (χ0) is 26.4. The monoisotopic (exact) mass is 506 g/mol. The lowest BCUT2D eigenvalue weighted by atomic mass is 10.2. The third-order valence-electron chi connectivity index (χ3n) is 4.40. The molecule has 1 aromatic carbocycles. The maximum atomic E-state index is 12.1. The quantitative estimate of drug-likeness (QED) is 0.133. The predicted octanol–water partition coefficient (Wildman–Crippen LogP) is 2.91. The molecule has 0 saturated heterocycles. The van der Waals surface area contributed by atoms with Crippen molar-refractivity contribution in [2.24, 2.45) is 0 Å². The number of hydrogen-bond acceptors (Lipinski definition) is 9. The minimum atomic E-state index is -0.797. The highest BCUT2D eigenvalue weighted by molar-refractivity contribution is 5.81. The Labute approximate surface area is 210 Å². The Balaban J connectivity index is 2.14. The Kier molecular flexibility index (Phi) is 16.1. The molecule has 0 saturated carbocycles. The summed E-state index contributed by atoms with van der Waals surface area (Å²) in [4.78, 5) is 45.8. The highest BCUT2D eigenvalue weighted by Gasteiger charge is 2.17. The Hall–Kier alpha value is -4.02. The summed E-state index contributed by atoms with van der Waals surface area (Å²) in [6.07, 6.45) is 3.13. The molecule has 0 radical (unpaired) electrons. The van der Waals surface area contributed by atoms with Crippen molar-refractivity contribution >= 4 is 24.1 Å². The van der Waals surface area contributed by atoms with Gasteiger partial charge in [-0.15, -0.1) is 0 Å². The standard InChI is InChI=1S/C25H34N2O9/c1-3-22(28)32-16-17-33-24(30)26-14-10-5-6-11-15-27-25(31)36-21(19-35-23(29)4-2)18-34-20-12-8-7-9-13-20/h3-4,7-9,12-13,21H,1-2,5-6,10-11,14-19H2,(H,26,30)(H,27,31). The van der Waals surface area contributed by atoms with Crippen LogP contribution in [0.5, 0.6) is 5.75 Å². The number of esters is 2. The molecular weight excluding hydrogens is 472 g/mol. The second-order valence-corrected chi connectivity index (χ2v) is 7.26. The van der Waals surface area contributed by atoms with E-state index >= 15 is 0 Å². The van der Waals surface area contributed by atoms with Crippen molar-refractivity contribution in [3.8, 4) is 5.75 Å². The molecule has 1 unspecified atom stereocenters. The number of carbonyl (C=O) groups is 4. The van der Waals surface area contributed by atoms with E-state index in [1.54, 1.807) is 12.1 Å². The number of para-hydroxylation sites is 1. The van der Waals surface area contributed by atoms with E-state index in [2.05, 4.69) is 28.5 Å². The number of alkyl carbamates (subject to hydrolysis) is 2. The molecule has 0 fully saturated rings. The van der Waals surface area contributed by atoms with Crippen molar-refractivity contribution in [3.05, 3.63) is 55.6 Å². The number of ether oxygens (including phenoxy) is 5. The van der Waals surface area contributed by atoms with Gasteiger partial charge in [-0.05, 0) is 25.0 Å². The van der Waals surface area contributed by atoms with Gasteiger partial charge in [-0.3, -0.25) is 0 Å². The minimum Gasteiger partial charge on any atom is -0.490 e. The van der Waals surface area contributed by atoms with Crippen LogP contribution in [0.15, 0.2) is 55.6 Å². The Morgan fingerprint density at radius 3 is 1.97 bits per heavy atom. The van der Waals surface area contributed by atoms with Gasteiger partial charge in [0.2, 0.25) is 0 Å². The lowest BCUT2D eigenvalue weighted by Crippen LogP contribution is -2.35. The normalized spacial score (nSPS) is 10.8. The summed E-state index contributed by atoms with van der Waals surface area (Å²) < 4.78 is 25.4. The molecule has 0 heterocycles. The first-order chi connectivity index (χ1) is 17.4. The van der Waals surface area contributed by atoms with Crippen LogP contribution >= 0.6 is 0 Å². The topological polar surface area (TPSA) is 138 Å². The summed E-state index contributed by atoms with van der Waals surface area (Å²) in [7, 11) is 0. The summed E-state index contributed by atoms with van der Waals surface area (Å²) in [5.41, 5.74) is 0. The fourth-order valence-electron chi connectivity index (χ4n) is 2.62. The Morgan fingerprint density at radius 1 is 0.750 bits per heavy atom. The van der Waals surface area contributed by atoms with Gasteiger partial charge in [0.25, 0.3) is 0 Å². The summed E-state index contributed by atoms with van der Waals surface area (Å²) in [6, 6.07) is 8.98. The molecule has 0 aromatic heterocycles. The maximum absolute atomic E-state index is 12.1. The van der Waals surface area contributed by atoms with E-state index in [1.807, 2.05) is 18.2 Å². The zero-order valence-electron chi connectivity index (χ0n) is 20.3. The molecule has 1 atom stereocenters. The van der Waals surface area contributed by atoms with Crippen molar-refractivity contribution < 1.29 is 42.9 Å². The molecule has 0 aliphatic carbocycles. The average Bonchev–Trinajstić information content (AvgIpc) is 2.89. The fourth-order valence-corrected chi connectivity index (χ4v) is 2.62. The predicted molar refractivity (Wildman–Crippen MR) is 130 cm³/mol. The van der Waals surface area contributed by atoms with E-state index in [0.29, 0.717) is 25.3 Å². The third kappa shape index (κ3) is 15.8. The summed E-state index contributed by atoms with van der Waals surface area (Å²) in [5, 5.41) is 5.25. The molecule has 198 valence electrons. The molecule has 0 aliphatic heterocycles. The molecule has 11 nitrogen and oxygen atoms in total. The molecular formula is C25H34N2O9. The summed E-state index contributed by atoms with van der Waals surface area (Å²) >= 11 is 0. The molecule has 1 rings (SSSR count). The lowest BCUT2D eigenvalue weighted by Gasteiger charge is -2.18. The van der Waals surface area contributed by atoms with Crippen LogP contribution in [0.3, 0.4) is 0 Å². The molecule has 0 aliphatic rings. The number of amides is 2. The number of benzene rings is 1. The Bertz CT molecular complexity index is 830. The first-order valence-electron chi connectivity index (χ1n) is 11.6. The lowest BCUT2D eigenvalue weighted by molar-refractivity contribution is -0.141. The van der Waals surface area contributed by atoms with Crippen LogP contribution in [0.25, 0.3) is 0 Å². The van der Waals surface area contributed by atoms with Gasteiger partial charge in [0.15, 0.2) is 6.10 Å². The van der Waals surface area contributed by atoms with Crippen molar-refractivity contribution in [1.82, 2.24) is 10.6 Å². The molecule has 1 aromatic rings. The van der Waals surface area contributed by atoms with E-state index < -0.39 is 30.2 Å². The van der Waals surface area contributed by atoms with Crippen molar-refractivity contribution in [2.45, 2.75) is 31.8 Å². The van der Waals surface area contributed by atoms with Crippen LogP contribution < -0.4 is 15.4 Å². The second-order valence-electron chi connectivity index (χ2n) is 7.26. The van der Waals surface area contributed by atoms with Gasteiger partial charge in [0, 0.05) is 25.2 Å². The van der Waals surface area contributed by atoms with Crippen molar-refractivity contribution in [2.75, 3.05) is 39.5 Å². The molecule has 2 N–H and O–H groups in total. The highest BCUT2D eigenvalue weighted by Crippen LogP contribution is 2.10. The van der Waals surface area contributed by atoms with Gasteiger partial charge in [-0.1, -0.05) is 44.2 Å². The van der Waals surface area contributed by atoms with Gasteiger partial charge < -0.3 is 34.3 Å². The van der Waals surface area contributed by atoms with Crippen LogP contribution in [0.1, 0.15) is 25.7 Å². The number of hydrogen-bond donors (Lipinski definition) is 2. The van der Waals surface area contributed by atoms with Gasteiger partial charge in [0.05, 0.1) is 0 Å². The Morgan fingerprint density at radius 2 is 1.33 bits per heavy atom. The molecule has 0 spiro atoms. The number of carbonyl (C=O) groups excluding carboxylic acids is 4. The van der Waals surface area contributed by atoms with E-state index in [1.165, 1.54) is 0 Å². The van der Waals surface area contributed by atoms with Crippen LogP contribution in [0.2, 0.25) is 0 Å². The zero-order valence-corrected chi connectivity index (χ0v) is 20.3. The van der Waals surface area contributed by atoms with E-state index in [0.717, 1.165) is 31.4 Å². The van der Waals surface area contributed by atoms with Crippen LogP contribution in [-0.4, -0.2) is 69.7 Å². The van der Waals surface area contributed by atoms with Crippen LogP contribution in [0.4, 0.5) is 9.59 Å². The summed E-state index contributed by atoms with van der Waals surface area (Å²) in [6.45, 7) is 7.20. The fraction of sp³-hybridized carbons (Fsp3) is 0.440. The minimum absolute atomic E-state index is 0.0112. The van der Waals surface area contributed by atoms with E-state index in [4.69, 9.17) is 18.9 Å². The number of unbranched alkanes of at least 4 members (excludes halogenated alkanes) is 3. The van der Waals surface area contributed by atoms with E-state index in [9.17, 15) is 19.2 Å². The van der Waals surface area contributed by atoms with Crippen molar-refractivity contribution in [1.29, 1.82) is 0 Å². The highest BCUT2D eigenvalue weighted by atomic mass is 16.6. The van der Waals surface area contributed by atoms with Gasteiger partial charge in [-0.2, -0.15) is 0 Å². The van der Waals surface area contributed by atoms with Gasteiger partial charge in [-0.25, -0.2) is 19.2 Å². The smallest absolute Gasteiger partial charge is 0.407 e. The van der Waals surface area contributed by atoms with Gasteiger partial charge in [0.1, 0.15) is 32.2 Å². The average molecular weight is 507 g/mol. The molecule has 2 amide bonds. The first-order valence-corrected chi connectivity index (χ1v) is 11.6. The van der Waals surface area contributed by atoms with Crippen LogP contribution in [0, 0.1) is 0 Å². The SMILES string of the molecule is C=CC(=O)OCCOC(=O)NCCCCCCNC(=O)OC(COC(=O)C=C)COc1ccccc1. The van der Waals surface area contributed by atoms with Gasteiger partial charge >= 0.3 is 24.1 Å².